The largest absolute Gasteiger partial charge is 0.478 e. The Morgan fingerprint density at radius 1 is 1.53 bits per heavy atom. The summed E-state index contributed by atoms with van der Waals surface area (Å²) in [5.41, 5.74) is 0.154. The SMILES string of the molecule is CCc1cc(C(=O)O)c(NC(=O)C2CCC(C)O2)s1. The number of hydrogen-bond donors (Lipinski definition) is 2. The molecule has 2 unspecified atom stereocenters. The van der Waals surface area contributed by atoms with Crippen molar-refractivity contribution in [3.8, 4) is 0 Å². The van der Waals surface area contributed by atoms with Crippen LogP contribution in [0, 0.1) is 0 Å². The number of nitrogens with one attached hydrogen (secondary N) is 1. The van der Waals surface area contributed by atoms with E-state index >= 15 is 0 Å². The van der Waals surface area contributed by atoms with Crippen LogP contribution in [-0.4, -0.2) is 29.2 Å². The average Bonchev–Trinajstić information content (AvgIpc) is 2.95. The van der Waals surface area contributed by atoms with E-state index in [1.165, 1.54) is 11.3 Å². The van der Waals surface area contributed by atoms with E-state index in [0.29, 0.717) is 11.4 Å². The number of ether oxygens (including phenoxy) is 1. The van der Waals surface area contributed by atoms with E-state index in [0.717, 1.165) is 17.7 Å². The first kappa shape index (κ1) is 14.0. The van der Waals surface area contributed by atoms with Gasteiger partial charge in [0.15, 0.2) is 0 Å². The van der Waals surface area contributed by atoms with Gasteiger partial charge in [-0.1, -0.05) is 6.92 Å². The van der Waals surface area contributed by atoms with Crippen LogP contribution in [0.3, 0.4) is 0 Å². The van der Waals surface area contributed by atoms with Crippen molar-refractivity contribution >= 4 is 28.2 Å². The second-order valence-corrected chi connectivity index (χ2v) is 5.75. The molecule has 2 atom stereocenters. The van der Waals surface area contributed by atoms with Gasteiger partial charge in [0.2, 0.25) is 0 Å². The molecule has 0 aromatic carbocycles. The third kappa shape index (κ3) is 3.13. The molecule has 5 nitrogen and oxygen atoms in total. The molecule has 2 heterocycles. The highest BCUT2D eigenvalue weighted by molar-refractivity contribution is 7.16. The summed E-state index contributed by atoms with van der Waals surface area (Å²) < 4.78 is 5.47. The van der Waals surface area contributed by atoms with Crippen LogP contribution in [0.4, 0.5) is 5.00 Å². The van der Waals surface area contributed by atoms with Gasteiger partial charge in [-0.05, 0) is 32.3 Å². The van der Waals surface area contributed by atoms with Crippen LogP contribution < -0.4 is 5.32 Å². The van der Waals surface area contributed by atoms with E-state index in [4.69, 9.17) is 9.84 Å². The van der Waals surface area contributed by atoms with E-state index in [9.17, 15) is 9.59 Å². The first-order valence-electron chi connectivity index (χ1n) is 6.33. The topological polar surface area (TPSA) is 75.6 Å². The van der Waals surface area contributed by atoms with Crippen molar-refractivity contribution in [3.05, 3.63) is 16.5 Å². The Labute approximate surface area is 115 Å². The minimum Gasteiger partial charge on any atom is -0.478 e. The molecule has 6 heteroatoms. The lowest BCUT2D eigenvalue weighted by Crippen LogP contribution is -2.27. The van der Waals surface area contributed by atoms with Crippen LogP contribution in [0.1, 0.15) is 41.9 Å². The molecule has 1 saturated heterocycles. The van der Waals surface area contributed by atoms with Crippen LogP contribution in [-0.2, 0) is 16.0 Å². The zero-order valence-electron chi connectivity index (χ0n) is 10.9. The Bertz CT molecular complexity index is 497. The summed E-state index contributed by atoms with van der Waals surface area (Å²) in [6.45, 7) is 3.88. The van der Waals surface area contributed by atoms with Crippen LogP contribution in [0.5, 0.6) is 0 Å². The van der Waals surface area contributed by atoms with Gasteiger partial charge in [0.05, 0.1) is 11.7 Å². The van der Waals surface area contributed by atoms with E-state index in [2.05, 4.69) is 5.32 Å². The number of carboxylic acid groups (broad SMARTS) is 1. The summed E-state index contributed by atoms with van der Waals surface area (Å²) in [6, 6.07) is 1.61. The van der Waals surface area contributed by atoms with Gasteiger partial charge in [-0.3, -0.25) is 4.79 Å². The average molecular weight is 283 g/mol. The van der Waals surface area contributed by atoms with Gasteiger partial charge in [-0.25, -0.2) is 4.79 Å². The number of hydrogen-bond acceptors (Lipinski definition) is 4. The Morgan fingerprint density at radius 3 is 2.79 bits per heavy atom. The number of rotatable bonds is 4. The molecule has 0 spiro atoms. The highest BCUT2D eigenvalue weighted by Gasteiger charge is 2.29. The predicted molar refractivity (Wildman–Crippen MR) is 72.9 cm³/mol. The fraction of sp³-hybridized carbons (Fsp3) is 0.538. The fourth-order valence-electron chi connectivity index (χ4n) is 2.06. The lowest BCUT2D eigenvalue weighted by Gasteiger charge is -2.11. The summed E-state index contributed by atoms with van der Waals surface area (Å²) >= 11 is 1.31. The van der Waals surface area contributed by atoms with Gasteiger partial charge in [0, 0.05) is 4.88 Å². The predicted octanol–water partition coefficient (Wildman–Crippen LogP) is 2.51. The highest BCUT2D eigenvalue weighted by Crippen LogP contribution is 2.30. The number of aromatic carboxylic acids is 1. The Balaban J connectivity index is 2.11. The Hall–Kier alpha value is -1.40. The normalized spacial score (nSPS) is 22.4. The summed E-state index contributed by atoms with van der Waals surface area (Å²) in [4.78, 5) is 24.1. The van der Waals surface area contributed by atoms with Crippen LogP contribution in [0.2, 0.25) is 0 Å². The molecule has 0 saturated carbocycles. The van der Waals surface area contributed by atoms with Crippen molar-refractivity contribution in [3.63, 3.8) is 0 Å². The molecule has 1 aromatic heterocycles. The second-order valence-electron chi connectivity index (χ2n) is 4.62. The first-order chi connectivity index (χ1) is 9.01. The third-order valence-electron chi connectivity index (χ3n) is 3.12. The molecular weight excluding hydrogens is 266 g/mol. The molecule has 104 valence electrons. The number of thiophene rings is 1. The summed E-state index contributed by atoms with van der Waals surface area (Å²) in [5, 5.41) is 12.2. The van der Waals surface area contributed by atoms with Crippen LogP contribution >= 0.6 is 11.3 Å². The van der Waals surface area contributed by atoms with Crippen molar-refractivity contribution < 1.29 is 19.4 Å². The first-order valence-corrected chi connectivity index (χ1v) is 7.15. The Kier molecular flexibility index (Phi) is 4.21. The zero-order chi connectivity index (χ0) is 14.0. The molecule has 1 aromatic rings. The molecule has 0 radical (unpaired) electrons. The van der Waals surface area contributed by atoms with Gasteiger partial charge < -0.3 is 15.2 Å². The van der Waals surface area contributed by atoms with Crippen molar-refractivity contribution in [1.29, 1.82) is 0 Å². The number of carbonyl (C=O) groups excluding carboxylic acids is 1. The van der Waals surface area contributed by atoms with Crippen LogP contribution in [0.15, 0.2) is 6.07 Å². The number of carbonyl (C=O) groups is 2. The second kappa shape index (κ2) is 5.71. The van der Waals surface area contributed by atoms with Crippen molar-refractivity contribution in [2.24, 2.45) is 0 Å². The third-order valence-corrected chi connectivity index (χ3v) is 4.32. The summed E-state index contributed by atoms with van der Waals surface area (Å²) in [7, 11) is 0. The molecule has 2 rings (SSSR count). The van der Waals surface area contributed by atoms with Crippen molar-refractivity contribution in [2.45, 2.75) is 45.3 Å². The number of anilines is 1. The summed E-state index contributed by atoms with van der Waals surface area (Å²) in [6.07, 6.45) is 1.90. The minimum atomic E-state index is -1.02. The molecule has 1 aliphatic rings. The summed E-state index contributed by atoms with van der Waals surface area (Å²) in [5.74, 6) is -1.27. The Morgan fingerprint density at radius 2 is 2.26 bits per heavy atom. The van der Waals surface area contributed by atoms with E-state index in [1.54, 1.807) is 6.07 Å². The maximum absolute atomic E-state index is 12.0. The molecule has 1 aliphatic heterocycles. The van der Waals surface area contributed by atoms with Gasteiger partial charge in [0.1, 0.15) is 11.1 Å². The lowest BCUT2D eigenvalue weighted by molar-refractivity contribution is -0.126. The van der Waals surface area contributed by atoms with Crippen molar-refractivity contribution in [2.75, 3.05) is 5.32 Å². The lowest BCUT2D eigenvalue weighted by atomic mass is 10.2. The molecule has 0 aliphatic carbocycles. The number of carboxylic acids is 1. The highest BCUT2D eigenvalue weighted by atomic mass is 32.1. The minimum absolute atomic E-state index is 0.0873. The van der Waals surface area contributed by atoms with E-state index < -0.39 is 12.1 Å². The fourth-order valence-corrected chi connectivity index (χ4v) is 3.05. The molecule has 1 amide bonds. The monoisotopic (exact) mass is 283 g/mol. The number of aryl methyl sites for hydroxylation is 1. The smallest absolute Gasteiger partial charge is 0.338 e. The van der Waals surface area contributed by atoms with E-state index in [1.807, 2.05) is 13.8 Å². The van der Waals surface area contributed by atoms with Gasteiger partial charge in [-0.15, -0.1) is 11.3 Å². The van der Waals surface area contributed by atoms with Crippen molar-refractivity contribution in [1.82, 2.24) is 0 Å². The van der Waals surface area contributed by atoms with Gasteiger partial charge >= 0.3 is 5.97 Å². The van der Waals surface area contributed by atoms with E-state index in [-0.39, 0.29) is 17.6 Å². The van der Waals surface area contributed by atoms with Gasteiger partial charge in [-0.2, -0.15) is 0 Å². The maximum atomic E-state index is 12.0. The van der Waals surface area contributed by atoms with Crippen LogP contribution in [0.25, 0.3) is 0 Å². The molecule has 19 heavy (non-hydrogen) atoms. The molecular formula is C13H17NO4S. The molecule has 2 N–H and O–H groups in total. The quantitative estimate of drug-likeness (QED) is 0.890. The molecule has 1 fully saturated rings. The maximum Gasteiger partial charge on any atom is 0.338 e. The standard InChI is InChI=1S/C13H17NO4S/c1-3-8-6-9(13(16)17)12(19-8)14-11(15)10-5-4-7(2)18-10/h6-7,10H,3-5H2,1-2H3,(H,14,15)(H,16,17). The zero-order valence-corrected chi connectivity index (χ0v) is 11.8. The van der Waals surface area contributed by atoms with Gasteiger partial charge in [0.25, 0.3) is 5.91 Å². The number of amides is 1. The molecule has 0 bridgehead atoms.